The second-order valence-electron chi connectivity index (χ2n) is 14.1. The highest BCUT2D eigenvalue weighted by Crippen LogP contribution is 2.48. The van der Waals surface area contributed by atoms with E-state index >= 15 is 0 Å². The van der Waals surface area contributed by atoms with Gasteiger partial charge in [0.1, 0.15) is 51.8 Å². The molecule has 1 aliphatic rings. The van der Waals surface area contributed by atoms with Crippen LogP contribution >= 0.6 is 0 Å². The summed E-state index contributed by atoms with van der Waals surface area (Å²) in [5.74, 6) is -22.0. The Morgan fingerprint density at radius 1 is 0.597 bits per heavy atom. The first-order chi connectivity index (χ1) is 27.7. The van der Waals surface area contributed by atoms with Crippen LogP contribution in [0, 0.1) is 5.41 Å². The fraction of sp³-hybridized carbons (Fsp3) is 0.794. The number of ether oxygens (including phenoxy) is 6. The third-order valence-electron chi connectivity index (χ3n) is 8.07. The zero-order valence-corrected chi connectivity index (χ0v) is 32.1. The van der Waals surface area contributed by atoms with Gasteiger partial charge in [-0.3, -0.25) is 14.3 Å². The van der Waals surface area contributed by atoms with Crippen LogP contribution in [-0.2, 0) is 33.2 Å². The minimum absolute atomic E-state index is 0.0796. The van der Waals surface area contributed by atoms with E-state index in [-0.39, 0.29) is 19.3 Å². The molecule has 1 fully saturated rings. The molecule has 8 nitrogen and oxygen atoms in total. The Labute approximate surface area is 339 Å². The molecule has 62 heavy (non-hydrogen) atoms. The molecule has 0 aromatic heterocycles. The molecule has 1 amide bonds. The van der Waals surface area contributed by atoms with E-state index in [9.17, 15) is 92.6 Å². The van der Waals surface area contributed by atoms with Gasteiger partial charge in [0.25, 0.3) is 23.7 Å². The molecule has 1 rings (SSSR count). The van der Waals surface area contributed by atoms with E-state index in [1.54, 1.807) is 5.32 Å². The maximum absolute atomic E-state index is 14.4. The molecule has 0 aromatic carbocycles. The number of amides is 1. The maximum atomic E-state index is 14.4. The van der Waals surface area contributed by atoms with Crippen LogP contribution < -0.4 is 5.32 Å². The summed E-state index contributed by atoms with van der Waals surface area (Å²) < 4.78 is 299. The van der Waals surface area contributed by atoms with Crippen LogP contribution in [0.25, 0.3) is 0 Å². The van der Waals surface area contributed by atoms with Gasteiger partial charge in [0, 0.05) is 19.4 Å². The summed E-state index contributed by atoms with van der Waals surface area (Å²) >= 11 is 0. The van der Waals surface area contributed by atoms with E-state index in [0.29, 0.717) is 0 Å². The van der Waals surface area contributed by atoms with E-state index in [2.05, 4.69) is 48.2 Å². The second kappa shape index (κ2) is 20.9. The molecule has 28 heteroatoms. The number of allylic oxidation sites excluding steroid dienone is 3. The van der Waals surface area contributed by atoms with E-state index in [1.807, 2.05) is 0 Å². The zero-order chi connectivity index (χ0) is 48.5. The van der Waals surface area contributed by atoms with Crippen molar-refractivity contribution in [1.29, 1.82) is 0 Å². The molecule has 0 bridgehead atoms. The van der Waals surface area contributed by atoms with Crippen LogP contribution in [0.1, 0.15) is 58.3 Å². The molecule has 2 atom stereocenters. The summed E-state index contributed by atoms with van der Waals surface area (Å²) in [6, 6.07) is 0. The molecule has 1 saturated carbocycles. The Morgan fingerprint density at radius 3 is 1.39 bits per heavy atom. The summed E-state index contributed by atoms with van der Waals surface area (Å²) in [5.41, 5.74) is -1.04. The minimum Gasteiger partial charge on any atom is -0.366 e. The van der Waals surface area contributed by atoms with Crippen molar-refractivity contribution in [2.45, 2.75) is 131 Å². The lowest BCUT2D eigenvalue weighted by molar-refractivity contribution is -0.403. The predicted octanol–water partition coefficient (Wildman–Crippen LogP) is 10.7. The Balaban J connectivity index is 2.73. The smallest absolute Gasteiger partial charge is 0.366 e. The number of carbonyl (C=O) groups is 1. The lowest BCUT2D eigenvalue weighted by Crippen LogP contribution is -2.62. The van der Waals surface area contributed by atoms with E-state index in [0.717, 1.165) is 6.92 Å². The van der Waals surface area contributed by atoms with Crippen molar-refractivity contribution in [2.24, 2.45) is 5.41 Å². The largest absolute Gasteiger partial charge is 0.383 e. The minimum atomic E-state index is -5.74. The first kappa shape index (κ1) is 57.1. The standard InChI is InChI=1S/C34H41F20NO7/c1-5-9-24(10-6-2,11-7-3)16-55-23(56)28(41,42)15-32(49,50)62-34(53,54)20-58-18-26(37,38)14-31(47,48)61-33(51,52)19-57-17-25(35,36)13-30(45,46)60-22-21(12-27(22,39)40)59-29(43,44)8-4/h5-7,21-22H,1-3,8-20H2,4H3,(H,55,56). The highest BCUT2D eigenvalue weighted by molar-refractivity contribution is 5.83. The topological polar surface area (TPSA) is 84.5 Å². The van der Waals surface area contributed by atoms with Crippen molar-refractivity contribution in [3.8, 4) is 0 Å². The average molecular weight is 956 g/mol. The van der Waals surface area contributed by atoms with Crippen LogP contribution in [0.3, 0.4) is 0 Å². The second-order valence-corrected chi connectivity index (χ2v) is 14.1. The third-order valence-corrected chi connectivity index (χ3v) is 8.07. The van der Waals surface area contributed by atoms with Crippen molar-refractivity contribution < 1.29 is 121 Å². The van der Waals surface area contributed by atoms with Crippen molar-refractivity contribution >= 4 is 5.91 Å². The number of rotatable bonds is 32. The molecule has 364 valence electrons. The van der Waals surface area contributed by atoms with Crippen LogP contribution in [0.2, 0.25) is 0 Å². The van der Waals surface area contributed by atoms with Gasteiger partial charge in [-0.25, -0.2) is 26.3 Å². The fourth-order valence-corrected chi connectivity index (χ4v) is 5.43. The van der Waals surface area contributed by atoms with Gasteiger partial charge >= 0.3 is 42.6 Å². The molecule has 0 heterocycles. The first-order valence-corrected chi connectivity index (χ1v) is 17.5. The Morgan fingerprint density at radius 2 is 1.00 bits per heavy atom. The van der Waals surface area contributed by atoms with Gasteiger partial charge in [0.2, 0.25) is 0 Å². The quantitative estimate of drug-likeness (QED) is 0.0531. The maximum Gasteiger partial charge on any atom is 0.383 e. The van der Waals surface area contributed by atoms with Crippen molar-refractivity contribution in [1.82, 2.24) is 5.32 Å². The van der Waals surface area contributed by atoms with Crippen LogP contribution in [0.5, 0.6) is 0 Å². The molecular formula is C34H41F20NO7. The Bertz CT molecular complexity index is 1450. The predicted molar refractivity (Wildman–Crippen MR) is 172 cm³/mol. The summed E-state index contributed by atoms with van der Waals surface area (Å²) in [4.78, 5) is 12.0. The average Bonchev–Trinajstić information content (AvgIpc) is 3.03. The highest BCUT2D eigenvalue weighted by Gasteiger charge is 2.64. The molecule has 1 N–H and O–H groups in total. The molecule has 0 aliphatic heterocycles. The number of nitrogens with one attached hydrogen (secondary N) is 1. The summed E-state index contributed by atoms with van der Waals surface area (Å²) in [6.45, 7) is -0.00262. The van der Waals surface area contributed by atoms with Gasteiger partial charge in [0.15, 0.2) is 6.10 Å². The van der Waals surface area contributed by atoms with Crippen molar-refractivity contribution in [3.63, 3.8) is 0 Å². The lowest BCUT2D eigenvalue weighted by Gasteiger charge is -2.45. The molecule has 1 aliphatic carbocycles. The van der Waals surface area contributed by atoms with Crippen LogP contribution in [0.15, 0.2) is 38.0 Å². The number of hydrogen-bond donors (Lipinski definition) is 1. The number of carbonyl (C=O) groups excluding carboxylic acids is 1. The summed E-state index contributed by atoms with van der Waals surface area (Å²) in [5, 5.41) is 1.69. The number of halogens is 20. The lowest BCUT2D eigenvalue weighted by atomic mass is 9.78. The monoisotopic (exact) mass is 955 g/mol. The van der Waals surface area contributed by atoms with Gasteiger partial charge in [-0.2, -0.15) is 61.5 Å². The van der Waals surface area contributed by atoms with Gasteiger partial charge < -0.3 is 24.3 Å². The molecule has 2 unspecified atom stereocenters. The zero-order valence-electron chi connectivity index (χ0n) is 32.1. The van der Waals surface area contributed by atoms with Gasteiger partial charge in [-0.05, 0) is 24.7 Å². The normalized spacial score (nSPS) is 18.6. The molecule has 0 radical (unpaired) electrons. The third kappa shape index (κ3) is 19.8. The van der Waals surface area contributed by atoms with E-state index < -0.39 is 149 Å². The van der Waals surface area contributed by atoms with Crippen molar-refractivity contribution in [3.05, 3.63) is 38.0 Å². The number of alkyl halides is 20. The summed E-state index contributed by atoms with van der Waals surface area (Å²) in [6.07, 6.45) is -45.0. The van der Waals surface area contributed by atoms with Crippen LogP contribution in [0.4, 0.5) is 87.8 Å². The van der Waals surface area contributed by atoms with Crippen LogP contribution in [-0.4, -0.2) is 111 Å². The number of hydrogen-bond acceptors (Lipinski definition) is 7. The molecule has 0 spiro atoms. The Hall–Kier alpha value is -2.95. The van der Waals surface area contributed by atoms with Gasteiger partial charge in [0.05, 0.1) is 0 Å². The van der Waals surface area contributed by atoms with Gasteiger partial charge in [-0.1, -0.05) is 25.2 Å². The fourth-order valence-electron chi connectivity index (χ4n) is 5.43. The van der Waals surface area contributed by atoms with E-state index in [4.69, 9.17) is 0 Å². The molecule has 0 aromatic rings. The Kier molecular flexibility index (Phi) is 19.2. The van der Waals surface area contributed by atoms with Crippen molar-refractivity contribution in [2.75, 3.05) is 33.0 Å². The first-order valence-electron chi connectivity index (χ1n) is 17.5. The SMILES string of the molecule is C=CCC(CC=C)(CC=C)CNC(=O)C(F)(F)CC(F)(F)OC(F)(F)COCC(F)(F)CC(F)(F)OC(F)(F)COCC(F)(F)CC(F)(F)OC1C(OC(F)(F)CC)CC1(F)F. The highest BCUT2D eigenvalue weighted by atomic mass is 19.3. The molecule has 0 saturated heterocycles. The molecular weight excluding hydrogens is 914 g/mol. The summed E-state index contributed by atoms with van der Waals surface area (Å²) in [7, 11) is 0. The van der Waals surface area contributed by atoms with Gasteiger partial charge in [-0.15, -0.1) is 19.7 Å². The van der Waals surface area contributed by atoms with E-state index in [1.165, 1.54) is 18.2 Å².